The van der Waals surface area contributed by atoms with Crippen LogP contribution in [-0.2, 0) is 14.6 Å². The number of sulfone groups is 1. The average molecular weight is 371 g/mol. The van der Waals surface area contributed by atoms with Gasteiger partial charge in [0.05, 0.1) is 21.9 Å². The summed E-state index contributed by atoms with van der Waals surface area (Å²) in [5, 5.41) is 2.62. The fraction of sp³-hybridized carbons (Fsp3) is 0.368. The Balaban J connectivity index is 1.79. The Bertz CT molecular complexity index is 918. The molecule has 1 N–H and O–H groups in total. The van der Waals surface area contributed by atoms with Gasteiger partial charge >= 0.3 is 0 Å². The Labute approximate surface area is 153 Å². The summed E-state index contributed by atoms with van der Waals surface area (Å²) in [5.41, 5.74) is -0.181. The summed E-state index contributed by atoms with van der Waals surface area (Å²) in [4.78, 5) is 19.1. The number of aromatic nitrogens is 1. The Morgan fingerprint density at radius 1 is 1.15 bits per heavy atom. The van der Waals surface area contributed by atoms with E-state index in [-0.39, 0.29) is 17.2 Å². The Hall–Kier alpha value is -2.25. The lowest BCUT2D eigenvalue weighted by Gasteiger charge is -2.22. The molecule has 6 nitrogen and oxygen atoms in total. The highest BCUT2D eigenvalue weighted by molar-refractivity contribution is 7.92. The summed E-state index contributed by atoms with van der Waals surface area (Å²) in [5.74, 6) is -0.0378. The molecule has 0 bridgehead atoms. The molecule has 0 radical (unpaired) electrons. The minimum Gasteiger partial charge on any atom is -0.344 e. The second kappa shape index (κ2) is 6.17. The minimum atomic E-state index is -3.61. The monoisotopic (exact) mass is 371 g/mol. The summed E-state index contributed by atoms with van der Waals surface area (Å²) >= 11 is 0. The van der Waals surface area contributed by atoms with Crippen molar-refractivity contribution in [3.63, 3.8) is 0 Å². The summed E-state index contributed by atoms with van der Waals surface area (Å²) in [6.45, 7) is 0.624. The number of nitrogens with zero attached hydrogens (tertiary/aromatic N) is 2. The third-order valence-electron chi connectivity index (χ3n) is 5.46. The van der Waals surface area contributed by atoms with Gasteiger partial charge in [0.15, 0.2) is 9.84 Å². The van der Waals surface area contributed by atoms with Gasteiger partial charge in [-0.1, -0.05) is 24.3 Å². The van der Waals surface area contributed by atoms with Crippen LogP contribution in [0.5, 0.6) is 0 Å². The molecule has 0 aliphatic carbocycles. The number of hydrogen-bond acceptors (Lipinski definition) is 5. The molecule has 4 rings (SSSR count). The largest absolute Gasteiger partial charge is 0.344 e. The van der Waals surface area contributed by atoms with Gasteiger partial charge in [0.1, 0.15) is 5.54 Å². The molecule has 3 heterocycles. The molecule has 26 heavy (non-hydrogen) atoms. The third kappa shape index (κ3) is 2.62. The average Bonchev–Trinajstić information content (AvgIpc) is 3.20. The normalized spacial score (nSPS) is 28.8. The van der Waals surface area contributed by atoms with E-state index >= 15 is 0 Å². The van der Waals surface area contributed by atoms with Crippen LogP contribution in [0.25, 0.3) is 0 Å². The number of carbonyl (C=O) groups excluding carboxylic acids is 1. The molecule has 2 aromatic rings. The molecule has 7 heteroatoms. The lowest BCUT2D eigenvalue weighted by atomic mass is 9.95. The summed E-state index contributed by atoms with van der Waals surface area (Å²) in [6.07, 6.45) is 2.51. The summed E-state index contributed by atoms with van der Waals surface area (Å²) in [7, 11) is -1.86. The molecule has 2 aliphatic heterocycles. The van der Waals surface area contributed by atoms with Crippen molar-refractivity contribution in [2.75, 3.05) is 13.6 Å². The van der Waals surface area contributed by atoms with Crippen molar-refractivity contribution < 1.29 is 13.2 Å². The van der Waals surface area contributed by atoms with Gasteiger partial charge in [-0.25, -0.2) is 8.42 Å². The number of likely N-dealkylation sites (tertiary alicyclic amines) is 1. The molecule has 0 saturated carbocycles. The molecule has 1 spiro atoms. The predicted octanol–water partition coefficient (Wildman–Crippen LogP) is 1.56. The molecule has 1 aromatic carbocycles. The van der Waals surface area contributed by atoms with Gasteiger partial charge < -0.3 is 4.90 Å². The Kier molecular flexibility index (Phi) is 4.08. The van der Waals surface area contributed by atoms with Gasteiger partial charge in [-0.3, -0.25) is 15.1 Å². The molecule has 1 amide bonds. The lowest BCUT2D eigenvalue weighted by Crippen LogP contribution is -2.47. The molecular weight excluding hydrogens is 350 g/mol. The van der Waals surface area contributed by atoms with Crippen LogP contribution in [0.2, 0.25) is 0 Å². The second-order valence-electron chi connectivity index (χ2n) is 7.04. The Morgan fingerprint density at radius 2 is 1.88 bits per heavy atom. The molecule has 2 aliphatic rings. The molecular formula is C19H21N3O3S. The first-order valence-electron chi connectivity index (χ1n) is 8.67. The first-order valence-corrected chi connectivity index (χ1v) is 10.2. The lowest BCUT2D eigenvalue weighted by molar-refractivity contribution is -0.131. The third-order valence-corrected chi connectivity index (χ3v) is 7.63. The SMILES string of the molecule is CN1CCC2(CC(S(=O)(=O)c3ccccc3)C(c3ccccn3)N2)C1=O. The van der Waals surface area contributed by atoms with Crippen molar-refractivity contribution in [3.05, 3.63) is 60.4 Å². The van der Waals surface area contributed by atoms with Gasteiger partial charge in [-0.05, 0) is 37.1 Å². The number of likely N-dealkylation sites (N-methyl/N-ethyl adjacent to an activating group) is 1. The van der Waals surface area contributed by atoms with Crippen LogP contribution in [0.1, 0.15) is 24.6 Å². The Morgan fingerprint density at radius 3 is 2.50 bits per heavy atom. The number of benzene rings is 1. The number of amides is 1. The maximum absolute atomic E-state index is 13.4. The van der Waals surface area contributed by atoms with Gasteiger partial charge in [0.25, 0.3) is 0 Å². The van der Waals surface area contributed by atoms with E-state index in [0.717, 1.165) is 0 Å². The number of hydrogen-bond donors (Lipinski definition) is 1. The van der Waals surface area contributed by atoms with E-state index < -0.39 is 26.7 Å². The van der Waals surface area contributed by atoms with Gasteiger partial charge in [-0.2, -0.15) is 0 Å². The molecule has 2 saturated heterocycles. The maximum atomic E-state index is 13.4. The first kappa shape index (κ1) is 17.2. The van der Waals surface area contributed by atoms with E-state index in [1.807, 2.05) is 12.1 Å². The van der Waals surface area contributed by atoms with E-state index in [9.17, 15) is 13.2 Å². The fourth-order valence-corrected chi connectivity index (χ4v) is 6.02. The van der Waals surface area contributed by atoms with Crippen LogP contribution < -0.4 is 5.32 Å². The zero-order chi connectivity index (χ0) is 18.4. The topological polar surface area (TPSA) is 79.4 Å². The molecule has 1 aromatic heterocycles. The highest BCUT2D eigenvalue weighted by Crippen LogP contribution is 2.43. The highest BCUT2D eigenvalue weighted by atomic mass is 32.2. The van der Waals surface area contributed by atoms with E-state index in [4.69, 9.17) is 0 Å². The zero-order valence-corrected chi connectivity index (χ0v) is 15.3. The summed E-state index contributed by atoms with van der Waals surface area (Å²) in [6, 6.07) is 13.4. The second-order valence-corrected chi connectivity index (χ2v) is 9.20. The van der Waals surface area contributed by atoms with Crippen LogP contribution in [0.4, 0.5) is 0 Å². The first-order chi connectivity index (χ1) is 12.4. The van der Waals surface area contributed by atoms with Crippen molar-refractivity contribution in [1.29, 1.82) is 0 Å². The van der Waals surface area contributed by atoms with Crippen molar-refractivity contribution in [2.24, 2.45) is 0 Å². The molecule has 136 valence electrons. The van der Waals surface area contributed by atoms with Crippen LogP contribution >= 0.6 is 0 Å². The number of pyridine rings is 1. The van der Waals surface area contributed by atoms with Crippen LogP contribution in [0, 0.1) is 0 Å². The van der Waals surface area contributed by atoms with E-state index in [2.05, 4.69) is 10.3 Å². The van der Waals surface area contributed by atoms with Crippen molar-refractivity contribution in [3.8, 4) is 0 Å². The van der Waals surface area contributed by atoms with Crippen LogP contribution in [0.3, 0.4) is 0 Å². The van der Waals surface area contributed by atoms with E-state index in [1.54, 1.807) is 54.5 Å². The summed E-state index contributed by atoms with van der Waals surface area (Å²) < 4.78 is 26.7. The molecule has 3 unspecified atom stereocenters. The van der Waals surface area contributed by atoms with Crippen LogP contribution in [0.15, 0.2) is 59.6 Å². The van der Waals surface area contributed by atoms with Crippen LogP contribution in [-0.4, -0.2) is 48.6 Å². The highest BCUT2D eigenvalue weighted by Gasteiger charge is 2.57. The van der Waals surface area contributed by atoms with E-state index in [0.29, 0.717) is 18.7 Å². The minimum absolute atomic E-state index is 0.0378. The number of nitrogens with one attached hydrogen (secondary N) is 1. The fourth-order valence-electron chi connectivity index (χ4n) is 4.06. The molecule has 2 fully saturated rings. The van der Waals surface area contributed by atoms with Crippen molar-refractivity contribution >= 4 is 15.7 Å². The smallest absolute Gasteiger partial charge is 0.242 e. The predicted molar refractivity (Wildman–Crippen MR) is 97.1 cm³/mol. The van der Waals surface area contributed by atoms with Gasteiger partial charge in [-0.15, -0.1) is 0 Å². The van der Waals surface area contributed by atoms with E-state index in [1.165, 1.54) is 0 Å². The van der Waals surface area contributed by atoms with Gasteiger partial charge in [0.2, 0.25) is 5.91 Å². The van der Waals surface area contributed by atoms with Crippen molar-refractivity contribution in [2.45, 2.75) is 34.6 Å². The standard InChI is InChI=1S/C19H21N3O3S/c1-22-12-10-19(18(22)23)13-16(17(21-19)15-9-5-6-11-20-15)26(24,25)14-7-3-2-4-8-14/h2-9,11,16-17,21H,10,12-13H2,1H3. The maximum Gasteiger partial charge on any atom is 0.242 e. The molecule has 3 atom stereocenters. The number of carbonyl (C=O) groups is 1. The van der Waals surface area contributed by atoms with Crippen molar-refractivity contribution in [1.82, 2.24) is 15.2 Å². The zero-order valence-electron chi connectivity index (χ0n) is 14.5. The van der Waals surface area contributed by atoms with Gasteiger partial charge in [0, 0.05) is 19.8 Å². The quantitative estimate of drug-likeness (QED) is 0.886. The number of rotatable bonds is 3.